The Morgan fingerprint density at radius 2 is 1.52 bits per heavy atom. The van der Waals surface area contributed by atoms with Crippen molar-refractivity contribution in [2.24, 2.45) is 0 Å². The minimum Gasteiger partial charge on any atom is -0.462 e. The molecule has 2 aromatic rings. The van der Waals surface area contributed by atoms with Crippen molar-refractivity contribution in [3.8, 4) is 0 Å². The van der Waals surface area contributed by atoms with Gasteiger partial charge in [0, 0.05) is 10.2 Å². The molecule has 0 aliphatic carbocycles. The number of ether oxygens (including phenoxy) is 2. The number of anilines is 2. The van der Waals surface area contributed by atoms with Gasteiger partial charge in [-0.2, -0.15) is 0 Å². The molecule has 29 heavy (non-hydrogen) atoms. The van der Waals surface area contributed by atoms with E-state index in [-0.39, 0.29) is 36.8 Å². The predicted octanol–water partition coefficient (Wildman–Crippen LogP) is 4.16. The standard InChI is InChI=1S/C21H23BrN2O5/c1-4-28-20(26)14-9-15(21(27)29-5-2)11-16(10-14)23-12-19(25)24-18-7-6-13(3)8-17(18)22/h6-11,23H,4-5,12H2,1-3H3,(H,24,25). The summed E-state index contributed by atoms with van der Waals surface area (Å²) in [4.78, 5) is 36.5. The van der Waals surface area contributed by atoms with E-state index in [1.165, 1.54) is 18.2 Å². The van der Waals surface area contributed by atoms with Crippen molar-refractivity contribution in [1.29, 1.82) is 0 Å². The summed E-state index contributed by atoms with van der Waals surface area (Å²) in [6, 6.07) is 10.0. The lowest BCUT2D eigenvalue weighted by molar-refractivity contribution is -0.114. The smallest absolute Gasteiger partial charge is 0.338 e. The summed E-state index contributed by atoms with van der Waals surface area (Å²) in [5.41, 5.74) is 2.53. The van der Waals surface area contributed by atoms with Gasteiger partial charge in [-0.25, -0.2) is 9.59 Å². The van der Waals surface area contributed by atoms with Crippen LogP contribution >= 0.6 is 15.9 Å². The molecule has 8 heteroatoms. The molecule has 0 bridgehead atoms. The predicted molar refractivity (Wildman–Crippen MR) is 114 cm³/mol. The molecule has 0 aliphatic heterocycles. The summed E-state index contributed by atoms with van der Waals surface area (Å²) < 4.78 is 10.8. The Morgan fingerprint density at radius 1 is 0.931 bits per heavy atom. The van der Waals surface area contributed by atoms with E-state index in [0.717, 1.165) is 10.0 Å². The van der Waals surface area contributed by atoms with E-state index in [9.17, 15) is 14.4 Å². The fraction of sp³-hybridized carbons (Fsp3) is 0.286. The lowest BCUT2D eigenvalue weighted by atomic mass is 10.1. The van der Waals surface area contributed by atoms with Crippen LogP contribution in [-0.4, -0.2) is 37.6 Å². The molecule has 2 rings (SSSR count). The van der Waals surface area contributed by atoms with Gasteiger partial charge in [0.05, 0.1) is 36.6 Å². The number of carbonyl (C=O) groups excluding carboxylic acids is 3. The van der Waals surface area contributed by atoms with Gasteiger partial charge >= 0.3 is 11.9 Å². The van der Waals surface area contributed by atoms with Crippen molar-refractivity contribution < 1.29 is 23.9 Å². The Bertz CT molecular complexity index is 878. The van der Waals surface area contributed by atoms with Gasteiger partial charge in [-0.3, -0.25) is 4.79 Å². The number of hydrogen-bond acceptors (Lipinski definition) is 6. The van der Waals surface area contributed by atoms with Gasteiger partial charge in [-0.15, -0.1) is 0 Å². The summed E-state index contributed by atoms with van der Waals surface area (Å²) in [5.74, 6) is -1.40. The molecule has 0 saturated heterocycles. The zero-order valence-electron chi connectivity index (χ0n) is 16.5. The minimum absolute atomic E-state index is 0.0607. The molecule has 0 spiro atoms. The van der Waals surface area contributed by atoms with Gasteiger partial charge in [0.2, 0.25) is 5.91 Å². The van der Waals surface area contributed by atoms with E-state index in [4.69, 9.17) is 9.47 Å². The third kappa shape index (κ3) is 6.60. The van der Waals surface area contributed by atoms with Crippen molar-refractivity contribution in [3.63, 3.8) is 0 Å². The third-order valence-corrected chi connectivity index (χ3v) is 4.46. The van der Waals surface area contributed by atoms with Gasteiger partial charge in [0.25, 0.3) is 0 Å². The number of hydrogen-bond donors (Lipinski definition) is 2. The average Bonchev–Trinajstić information content (AvgIpc) is 2.68. The lowest BCUT2D eigenvalue weighted by Gasteiger charge is -2.12. The molecular weight excluding hydrogens is 440 g/mol. The van der Waals surface area contributed by atoms with E-state index >= 15 is 0 Å². The number of amides is 1. The molecule has 0 fully saturated rings. The monoisotopic (exact) mass is 462 g/mol. The Kier molecular flexibility index (Phi) is 8.21. The first-order valence-electron chi connectivity index (χ1n) is 9.13. The SMILES string of the molecule is CCOC(=O)c1cc(NCC(=O)Nc2ccc(C)cc2Br)cc(C(=O)OCC)c1. The zero-order valence-corrected chi connectivity index (χ0v) is 18.1. The number of halogens is 1. The minimum atomic E-state index is -0.560. The van der Waals surface area contributed by atoms with Crippen molar-refractivity contribution in [3.05, 3.63) is 57.6 Å². The largest absolute Gasteiger partial charge is 0.462 e. The topological polar surface area (TPSA) is 93.7 Å². The molecule has 0 atom stereocenters. The van der Waals surface area contributed by atoms with E-state index in [0.29, 0.717) is 11.4 Å². The van der Waals surface area contributed by atoms with E-state index in [1.807, 2.05) is 19.1 Å². The van der Waals surface area contributed by atoms with Gasteiger partial charge in [-0.05, 0) is 72.6 Å². The molecule has 0 aliphatic rings. The van der Waals surface area contributed by atoms with E-state index in [1.54, 1.807) is 19.9 Å². The highest BCUT2D eigenvalue weighted by Gasteiger charge is 2.15. The van der Waals surface area contributed by atoms with Gasteiger partial charge in [0.15, 0.2) is 0 Å². The Labute approximate surface area is 177 Å². The van der Waals surface area contributed by atoms with Crippen molar-refractivity contribution in [1.82, 2.24) is 0 Å². The van der Waals surface area contributed by atoms with E-state index < -0.39 is 11.9 Å². The van der Waals surface area contributed by atoms with Crippen LogP contribution in [0.3, 0.4) is 0 Å². The number of rotatable bonds is 8. The van der Waals surface area contributed by atoms with Crippen LogP contribution in [-0.2, 0) is 14.3 Å². The van der Waals surface area contributed by atoms with Gasteiger partial charge in [-0.1, -0.05) is 6.07 Å². The second kappa shape index (κ2) is 10.6. The van der Waals surface area contributed by atoms with Crippen molar-refractivity contribution >= 4 is 45.2 Å². The Hall–Kier alpha value is -2.87. The van der Waals surface area contributed by atoms with Crippen LogP contribution in [0, 0.1) is 6.92 Å². The molecule has 0 radical (unpaired) electrons. The van der Waals surface area contributed by atoms with Crippen LogP contribution < -0.4 is 10.6 Å². The number of carbonyl (C=O) groups is 3. The molecule has 0 saturated carbocycles. The summed E-state index contributed by atoms with van der Waals surface area (Å²) in [7, 11) is 0. The van der Waals surface area contributed by atoms with Crippen LogP contribution in [0.1, 0.15) is 40.1 Å². The van der Waals surface area contributed by atoms with Crippen LogP contribution in [0.4, 0.5) is 11.4 Å². The molecule has 154 valence electrons. The van der Waals surface area contributed by atoms with E-state index in [2.05, 4.69) is 26.6 Å². The van der Waals surface area contributed by atoms with Crippen LogP contribution in [0.2, 0.25) is 0 Å². The highest BCUT2D eigenvalue weighted by atomic mass is 79.9. The van der Waals surface area contributed by atoms with Crippen LogP contribution in [0.25, 0.3) is 0 Å². The summed E-state index contributed by atoms with van der Waals surface area (Å²) in [6.07, 6.45) is 0. The fourth-order valence-corrected chi connectivity index (χ4v) is 3.08. The summed E-state index contributed by atoms with van der Waals surface area (Å²) in [6.45, 7) is 5.70. The van der Waals surface area contributed by atoms with Gasteiger partial charge in [0.1, 0.15) is 0 Å². The first-order chi connectivity index (χ1) is 13.8. The molecule has 7 nitrogen and oxygen atoms in total. The summed E-state index contributed by atoms with van der Waals surface area (Å²) in [5, 5.41) is 5.72. The highest BCUT2D eigenvalue weighted by Crippen LogP contribution is 2.23. The average molecular weight is 463 g/mol. The van der Waals surface area contributed by atoms with Gasteiger partial charge < -0.3 is 20.1 Å². The first-order valence-corrected chi connectivity index (χ1v) is 9.92. The Balaban J connectivity index is 2.14. The molecule has 0 aromatic heterocycles. The quantitative estimate of drug-likeness (QED) is 0.571. The summed E-state index contributed by atoms with van der Waals surface area (Å²) >= 11 is 3.41. The molecule has 2 aromatic carbocycles. The second-order valence-corrected chi connectivity index (χ2v) is 6.98. The fourth-order valence-electron chi connectivity index (χ4n) is 2.49. The number of aryl methyl sites for hydroxylation is 1. The number of nitrogens with one attached hydrogen (secondary N) is 2. The molecule has 0 heterocycles. The maximum Gasteiger partial charge on any atom is 0.338 e. The normalized spacial score (nSPS) is 10.2. The maximum absolute atomic E-state index is 12.3. The lowest BCUT2D eigenvalue weighted by Crippen LogP contribution is -2.22. The maximum atomic E-state index is 12.3. The third-order valence-electron chi connectivity index (χ3n) is 3.81. The van der Waals surface area contributed by atoms with Crippen LogP contribution in [0.15, 0.2) is 40.9 Å². The van der Waals surface area contributed by atoms with Crippen LogP contribution in [0.5, 0.6) is 0 Å². The van der Waals surface area contributed by atoms with Crippen molar-refractivity contribution in [2.45, 2.75) is 20.8 Å². The molecule has 2 N–H and O–H groups in total. The number of esters is 2. The number of benzene rings is 2. The molecule has 0 unspecified atom stereocenters. The second-order valence-electron chi connectivity index (χ2n) is 6.13. The molecular formula is C21H23BrN2O5. The highest BCUT2D eigenvalue weighted by molar-refractivity contribution is 9.10. The molecule has 1 amide bonds. The first kappa shape index (κ1) is 22.4. The van der Waals surface area contributed by atoms with Crippen molar-refractivity contribution in [2.75, 3.05) is 30.4 Å². The zero-order chi connectivity index (χ0) is 21.4. The Morgan fingerprint density at radius 3 is 2.03 bits per heavy atom.